The van der Waals surface area contributed by atoms with Crippen LogP contribution in [-0.4, -0.2) is 40.8 Å². The molecule has 7 nitrogen and oxygen atoms in total. The van der Waals surface area contributed by atoms with Crippen LogP contribution in [0.1, 0.15) is 5.69 Å². The number of hydrogen-bond donors (Lipinski definition) is 2. The number of anilines is 1. The van der Waals surface area contributed by atoms with Gasteiger partial charge in [0.25, 0.3) is 0 Å². The minimum atomic E-state index is -0.896. The Hall–Kier alpha value is -2.20. The molecule has 0 saturated heterocycles. The van der Waals surface area contributed by atoms with Crippen LogP contribution >= 0.6 is 0 Å². The first-order valence-electron chi connectivity index (χ1n) is 4.38. The number of aliphatic hydroxyl groups excluding tert-OH is 1. The summed E-state index contributed by atoms with van der Waals surface area (Å²) in [5, 5.41) is 20.0. The van der Waals surface area contributed by atoms with Crippen LogP contribution in [0.4, 0.5) is 5.82 Å². The first-order chi connectivity index (χ1) is 7.71. The van der Waals surface area contributed by atoms with Crippen molar-refractivity contribution in [1.82, 2.24) is 9.97 Å². The molecule has 0 amide bonds. The summed E-state index contributed by atoms with van der Waals surface area (Å²) < 4.78 is 4.46. The molecule has 84 valence electrons. The van der Waals surface area contributed by atoms with Gasteiger partial charge in [-0.2, -0.15) is 5.26 Å². The molecule has 0 radical (unpaired) electrons. The fourth-order valence-corrected chi connectivity index (χ4v) is 0.960. The molecule has 0 aliphatic carbocycles. The maximum absolute atomic E-state index is 11.1. The third-order valence-corrected chi connectivity index (χ3v) is 1.76. The molecule has 0 aliphatic heterocycles. The van der Waals surface area contributed by atoms with Crippen molar-refractivity contribution in [3.8, 4) is 6.07 Å². The molecule has 1 aromatic heterocycles. The van der Waals surface area contributed by atoms with Gasteiger partial charge in [-0.1, -0.05) is 0 Å². The molecule has 0 aromatic carbocycles. The Balaban J connectivity index is 2.71. The van der Waals surface area contributed by atoms with E-state index in [2.05, 4.69) is 20.0 Å². The van der Waals surface area contributed by atoms with Crippen LogP contribution < -0.4 is 5.32 Å². The minimum absolute atomic E-state index is 0.171. The average molecular weight is 222 g/mol. The number of nitriles is 1. The summed E-state index contributed by atoms with van der Waals surface area (Å²) in [5.74, 6) is -0.322. The van der Waals surface area contributed by atoms with E-state index in [-0.39, 0.29) is 11.5 Å². The van der Waals surface area contributed by atoms with Crippen molar-refractivity contribution >= 4 is 11.8 Å². The van der Waals surface area contributed by atoms with Crippen molar-refractivity contribution in [3.05, 3.63) is 18.1 Å². The van der Waals surface area contributed by atoms with Gasteiger partial charge >= 0.3 is 5.97 Å². The van der Waals surface area contributed by atoms with E-state index in [4.69, 9.17) is 10.4 Å². The summed E-state index contributed by atoms with van der Waals surface area (Å²) in [6, 6.07) is 0.917. The van der Waals surface area contributed by atoms with Gasteiger partial charge in [-0.25, -0.2) is 14.8 Å². The molecule has 0 aliphatic rings. The summed E-state index contributed by atoms with van der Waals surface area (Å²) in [6.45, 7) is -0.422. The predicted octanol–water partition coefficient (Wildman–Crippen LogP) is -0.706. The number of hydrogen-bond acceptors (Lipinski definition) is 7. The molecule has 1 unspecified atom stereocenters. The fraction of sp³-hybridized carbons (Fsp3) is 0.333. The Morgan fingerprint density at radius 3 is 2.88 bits per heavy atom. The number of methoxy groups -OCH3 is 1. The topological polar surface area (TPSA) is 108 Å². The van der Waals surface area contributed by atoms with E-state index in [0.29, 0.717) is 0 Å². The van der Waals surface area contributed by atoms with Crippen molar-refractivity contribution in [2.45, 2.75) is 6.04 Å². The second kappa shape index (κ2) is 5.63. The Bertz CT molecular complexity index is 398. The highest BCUT2D eigenvalue weighted by Gasteiger charge is 2.18. The Labute approximate surface area is 91.7 Å². The number of esters is 1. The predicted molar refractivity (Wildman–Crippen MR) is 53.3 cm³/mol. The second-order valence-electron chi connectivity index (χ2n) is 2.80. The van der Waals surface area contributed by atoms with E-state index < -0.39 is 18.6 Å². The lowest BCUT2D eigenvalue weighted by Crippen LogP contribution is -2.34. The van der Waals surface area contributed by atoms with Crippen LogP contribution in [0.5, 0.6) is 0 Å². The third kappa shape index (κ3) is 2.90. The number of aromatic nitrogens is 2. The normalized spacial score (nSPS) is 11.3. The highest BCUT2D eigenvalue weighted by atomic mass is 16.5. The maximum atomic E-state index is 11.1. The lowest BCUT2D eigenvalue weighted by molar-refractivity contribution is -0.142. The van der Waals surface area contributed by atoms with Gasteiger partial charge in [0, 0.05) is 0 Å². The molecule has 1 heterocycles. The van der Waals surface area contributed by atoms with Crippen molar-refractivity contribution < 1.29 is 14.6 Å². The monoisotopic (exact) mass is 222 g/mol. The number of ether oxygens (including phenoxy) is 1. The van der Waals surface area contributed by atoms with Crippen LogP contribution in [0.25, 0.3) is 0 Å². The lowest BCUT2D eigenvalue weighted by Gasteiger charge is -2.13. The number of rotatable bonds is 4. The molecule has 2 N–H and O–H groups in total. The molecule has 1 atom stereocenters. The van der Waals surface area contributed by atoms with Gasteiger partial charge in [-0.3, -0.25) is 0 Å². The quantitative estimate of drug-likeness (QED) is 0.648. The highest BCUT2D eigenvalue weighted by molar-refractivity contribution is 5.78. The average Bonchev–Trinajstić information content (AvgIpc) is 2.35. The van der Waals surface area contributed by atoms with Gasteiger partial charge in [-0.15, -0.1) is 0 Å². The molecule has 1 aromatic rings. The van der Waals surface area contributed by atoms with Crippen LogP contribution in [-0.2, 0) is 9.53 Å². The van der Waals surface area contributed by atoms with E-state index in [0.717, 1.165) is 0 Å². The molecule has 0 bridgehead atoms. The number of carbonyl (C=O) groups is 1. The van der Waals surface area contributed by atoms with E-state index in [1.807, 2.05) is 6.07 Å². The Morgan fingerprint density at radius 2 is 2.44 bits per heavy atom. The van der Waals surface area contributed by atoms with Crippen molar-refractivity contribution in [2.24, 2.45) is 0 Å². The summed E-state index contributed by atoms with van der Waals surface area (Å²) in [6.07, 6.45) is 2.55. The molecule has 1 rings (SSSR count). The van der Waals surface area contributed by atoms with E-state index in [1.54, 1.807) is 0 Å². The Morgan fingerprint density at radius 1 is 1.69 bits per heavy atom. The van der Waals surface area contributed by atoms with Gasteiger partial charge in [0.05, 0.1) is 26.1 Å². The maximum Gasteiger partial charge on any atom is 0.330 e. The Kier molecular flexibility index (Phi) is 4.17. The summed E-state index contributed by atoms with van der Waals surface area (Å²) >= 11 is 0. The van der Waals surface area contributed by atoms with Crippen molar-refractivity contribution in [2.75, 3.05) is 19.0 Å². The third-order valence-electron chi connectivity index (χ3n) is 1.76. The minimum Gasteiger partial charge on any atom is -0.467 e. The van der Waals surface area contributed by atoms with Gasteiger partial charge in [-0.05, 0) is 0 Å². The summed E-state index contributed by atoms with van der Waals surface area (Å²) in [5.41, 5.74) is 0.171. The molecule has 0 spiro atoms. The summed E-state index contributed by atoms with van der Waals surface area (Å²) in [7, 11) is 1.22. The van der Waals surface area contributed by atoms with Gasteiger partial charge in [0.2, 0.25) is 0 Å². The largest absolute Gasteiger partial charge is 0.467 e. The molecular weight excluding hydrogens is 212 g/mol. The van der Waals surface area contributed by atoms with Crippen LogP contribution in [0.15, 0.2) is 12.4 Å². The van der Waals surface area contributed by atoms with Gasteiger partial charge < -0.3 is 15.2 Å². The zero-order chi connectivity index (χ0) is 12.0. The molecule has 7 heteroatoms. The smallest absolute Gasteiger partial charge is 0.330 e. The van der Waals surface area contributed by atoms with E-state index in [9.17, 15) is 4.79 Å². The molecule has 0 saturated carbocycles. The molecule has 16 heavy (non-hydrogen) atoms. The van der Waals surface area contributed by atoms with Gasteiger partial charge in [0.15, 0.2) is 5.69 Å². The van der Waals surface area contributed by atoms with Crippen LogP contribution in [0.3, 0.4) is 0 Å². The van der Waals surface area contributed by atoms with Crippen molar-refractivity contribution in [1.29, 1.82) is 5.26 Å². The zero-order valence-corrected chi connectivity index (χ0v) is 8.54. The van der Waals surface area contributed by atoms with E-state index >= 15 is 0 Å². The molecule has 0 fully saturated rings. The van der Waals surface area contributed by atoms with Crippen LogP contribution in [0, 0.1) is 11.3 Å². The zero-order valence-electron chi connectivity index (χ0n) is 8.54. The SMILES string of the molecule is COC(=O)C(CO)Nc1cnc(C#N)cn1. The fourth-order valence-electron chi connectivity index (χ4n) is 0.960. The first-order valence-corrected chi connectivity index (χ1v) is 4.38. The number of nitrogens with zero attached hydrogens (tertiary/aromatic N) is 3. The van der Waals surface area contributed by atoms with E-state index in [1.165, 1.54) is 19.5 Å². The number of nitrogens with one attached hydrogen (secondary N) is 1. The summed E-state index contributed by atoms with van der Waals surface area (Å²) in [4.78, 5) is 18.7. The first kappa shape index (κ1) is 11.9. The second-order valence-corrected chi connectivity index (χ2v) is 2.80. The van der Waals surface area contributed by atoms with Crippen LogP contribution in [0.2, 0.25) is 0 Å². The number of carbonyl (C=O) groups excluding carboxylic acids is 1. The van der Waals surface area contributed by atoms with Crippen molar-refractivity contribution in [3.63, 3.8) is 0 Å². The number of aliphatic hydroxyl groups is 1. The van der Waals surface area contributed by atoms with Gasteiger partial charge in [0.1, 0.15) is 17.9 Å². The standard InChI is InChI=1S/C9H10N4O3/c1-16-9(15)7(5-14)13-8-4-11-6(2-10)3-12-8/h3-4,7,14H,5H2,1H3,(H,12,13). The highest BCUT2D eigenvalue weighted by Crippen LogP contribution is 2.03. The molecular formula is C9H10N4O3. The lowest BCUT2D eigenvalue weighted by atomic mass is 10.3.